The van der Waals surface area contributed by atoms with Gasteiger partial charge in [0, 0.05) is 67.8 Å². The number of amides is 2. The van der Waals surface area contributed by atoms with Crippen molar-refractivity contribution in [1.82, 2.24) is 14.4 Å². The molecule has 2 fully saturated rings. The highest BCUT2D eigenvalue weighted by molar-refractivity contribution is 6.35. The van der Waals surface area contributed by atoms with E-state index in [4.69, 9.17) is 16.3 Å². The predicted molar refractivity (Wildman–Crippen MR) is 157 cm³/mol. The molecule has 1 aromatic heterocycles. The van der Waals surface area contributed by atoms with Gasteiger partial charge in [0.2, 0.25) is 11.8 Å². The summed E-state index contributed by atoms with van der Waals surface area (Å²) in [5, 5.41) is 10.9. The van der Waals surface area contributed by atoms with E-state index in [1.807, 2.05) is 11.8 Å². The summed E-state index contributed by atoms with van der Waals surface area (Å²) >= 11 is 6.82. The van der Waals surface area contributed by atoms with Crippen LogP contribution in [0.3, 0.4) is 0 Å². The normalized spacial score (nSPS) is 19.9. The van der Waals surface area contributed by atoms with E-state index < -0.39 is 23.2 Å². The van der Waals surface area contributed by atoms with E-state index in [0.717, 1.165) is 12.1 Å². The summed E-state index contributed by atoms with van der Waals surface area (Å²) in [4.78, 5) is 44.3. The lowest BCUT2D eigenvalue weighted by Crippen LogP contribution is -2.54. The second kappa shape index (κ2) is 11.0. The van der Waals surface area contributed by atoms with Crippen LogP contribution in [-0.4, -0.2) is 71.6 Å². The molecule has 0 radical (unpaired) electrons. The number of likely N-dealkylation sites (tertiary alicyclic amines) is 1. The summed E-state index contributed by atoms with van der Waals surface area (Å²) in [6, 6.07) is 5.88. The lowest BCUT2D eigenvalue weighted by atomic mass is 9.96. The second-order valence-electron chi connectivity index (χ2n) is 11.0. The summed E-state index contributed by atoms with van der Waals surface area (Å²) in [6.07, 6.45) is 2.37. The minimum atomic E-state index is -0.856. The molecule has 0 spiro atoms. The van der Waals surface area contributed by atoms with Gasteiger partial charge in [-0.2, -0.15) is 5.26 Å². The fraction of sp³-hybridized carbons (Fsp3) is 0.355. The van der Waals surface area contributed by atoms with Crippen molar-refractivity contribution in [2.45, 2.75) is 31.8 Å². The molecule has 12 heteroatoms. The van der Waals surface area contributed by atoms with Gasteiger partial charge in [0.15, 0.2) is 5.75 Å². The number of hydrogen-bond acceptors (Lipinski definition) is 6. The van der Waals surface area contributed by atoms with Crippen LogP contribution in [0, 0.1) is 23.0 Å². The molecule has 0 saturated carbocycles. The highest BCUT2D eigenvalue weighted by Gasteiger charge is 2.37. The van der Waals surface area contributed by atoms with Gasteiger partial charge < -0.3 is 19.4 Å². The molecule has 3 aromatic rings. The Balaban J connectivity index is 1.62. The molecule has 43 heavy (non-hydrogen) atoms. The molecule has 4 heterocycles. The van der Waals surface area contributed by atoms with Crippen molar-refractivity contribution in [3.63, 3.8) is 0 Å². The van der Waals surface area contributed by atoms with Crippen LogP contribution in [-0.2, 0) is 9.59 Å². The van der Waals surface area contributed by atoms with Gasteiger partial charge in [-0.15, -0.1) is 0 Å². The van der Waals surface area contributed by atoms with Crippen LogP contribution in [0.15, 0.2) is 41.7 Å². The first-order valence-electron chi connectivity index (χ1n) is 14.0. The number of anilines is 1. The van der Waals surface area contributed by atoms with Gasteiger partial charge in [-0.1, -0.05) is 18.2 Å². The quantitative estimate of drug-likeness (QED) is 0.402. The van der Waals surface area contributed by atoms with Crippen LogP contribution in [0.25, 0.3) is 22.0 Å². The molecule has 0 aliphatic carbocycles. The Morgan fingerprint density at radius 3 is 2.67 bits per heavy atom. The molecule has 222 valence electrons. The van der Waals surface area contributed by atoms with Crippen LogP contribution in [0.5, 0.6) is 5.75 Å². The Hall–Kier alpha value is -4.43. The van der Waals surface area contributed by atoms with Crippen LogP contribution in [0.4, 0.5) is 14.5 Å². The van der Waals surface area contributed by atoms with Crippen LogP contribution >= 0.6 is 11.6 Å². The third-order valence-corrected chi connectivity index (χ3v) is 8.77. The second-order valence-corrected chi connectivity index (χ2v) is 11.4. The van der Waals surface area contributed by atoms with Gasteiger partial charge in [0.05, 0.1) is 22.3 Å². The fourth-order valence-corrected chi connectivity index (χ4v) is 6.78. The van der Waals surface area contributed by atoms with E-state index in [-0.39, 0.29) is 58.5 Å². The Morgan fingerprint density at radius 2 is 2.02 bits per heavy atom. The number of carbonyl (C=O) groups excluding carboxylic acids is 2. The largest absolute Gasteiger partial charge is 0.488 e. The van der Waals surface area contributed by atoms with E-state index >= 15 is 4.39 Å². The highest BCUT2D eigenvalue weighted by atomic mass is 35.5. The number of aromatic nitrogens is 1. The first-order chi connectivity index (χ1) is 20.6. The van der Waals surface area contributed by atoms with Gasteiger partial charge in [-0.3, -0.25) is 19.0 Å². The van der Waals surface area contributed by atoms with Gasteiger partial charge in [-0.05, 0) is 37.6 Å². The molecular weight excluding hydrogens is 580 g/mol. The van der Waals surface area contributed by atoms with Gasteiger partial charge in [0.1, 0.15) is 29.9 Å². The first-order valence-corrected chi connectivity index (χ1v) is 14.4. The molecule has 9 nitrogen and oxygen atoms in total. The average Bonchev–Trinajstić information content (AvgIpc) is 3.39. The maximum Gasteiger partial charge on any atom is 0.271 e. The Morgan fingerprint density at radius 1 is 1.23 bits per heavy atom. The lowest BCUT2D eigenvalue weighted by Gasteiger charge is -2.42. The summed E-state index contributed by atoms with van der Waals surface area (Å²) in [7, 11) is 0. The monoisotopic (exact) mass is 607 g/mol. The molecule has 1 unspecified atom stereocenters. The molecule has 6 rings (SSSR count). The summed E-state index contributed by atoms with van der Waals surface area (Å²) < 4.78 is 36.7. The number of rotatable bonds is 5. The minimum Gasteiger partial charge on any atom is -0.488 e. The minimum absolute atomic E-state index is 0.00806. The van der Waals surface area contributed by atoms with Crippen LogP contribution in [0.2, 0.25) is 5.02 Å². The lowest BCUT2D eigenvalue weighted by molar-refractivity contribution is -0.128. The zero-order chi connectivity index (χ0) is 30.6. The fourth-order valence-electron chi connectivity index (χ4n) is 6.48. The van der Waals surface area contributed by atoms with Crippen molar-refractivity contribution in [1.29, 1.82) is 5.26 Å². The SMILES string of the molecule is C=CC(=O)N1CCN(c2c(C#N)c(=O)n3c4c(c(-c5ccc(F)cc5F)c(Cl)cc24)OCC3CN2CCCC2=O)[C@@H](C)C1. The van der Waals surface area contributed by atoms with E-state index in [0.29, 0.717) is 55.6 Å². The zero-order valence-corrected chi connectivity index (χ0v) is 24.2. The number of benzene rings is 2. The zero-order valence-electron chi connectivity index (χ0n) is 23.4. The van der Waals surface area contributed by atoms with E-state index in [1.54, 1.807) is 15.9 Å². The molecule has 2 aromatic carbocycles. The third-order valence-electron chi connectivity index (χ3n) is 8.47. The first kappa shape index (κ1) is 28.7. The number of nitrogens with zero attached hydrogens (tertiary/aromatic N) is 5. The standard InChI is InChI=1S/C31H28ClF2N5O4/c1-3-25(40)37-9-10-38(17(2)14-37)28-21-12-23(32)27(20-7-6-18(33)11-24(20)34)30-29(21)39(31(42)22(28)13-35)19(16-43-30)15-36-8-4-5-26(36)41/h3,6-7,11-12,17,19H,1,4-5,8-10,14-16H2,2H3/t17-,19?/m0/s1. The number of ether oxygens (including phenoxy) is 1. The summed E-state index contributed by atoms with van der Waals surface area (Å²) in [6.45, 7) is 7.13. The summed E-state index contributed by atoms with van der Waals surface area (Å²) in [5.41, 5.74) is 0.113. The number of halogens is 3. The topological polar surface area (TPSA) is 98.9 Å². The smallest absolute Gasteiger partial charge is 0.271 e. The van der Waals surface area contributed by atoms with Crippen LogP contribution < -0.4 is 15.2 Å². The van der Waals surface area contributed by atoms with E-state index in [9.17, 15) is 24.0 Å². The maximum absolute atomic E-state index is 15.1. The number of nitriles is 1. The predicted octanol–water partition coefficient (Wildman–Crippen LogP) is 4.25. The van der Waals surface area contributed by atoms with Crippen molar-refractivity contribution in [3.05, 3.63) is 69.5 Å². The molecule has 0 N–H and O–H groups in total. The molecule has 2 saturated heterocycles. The van der Waals surface area contributed by atoms with Crippen molar-refractivity contribution in [2.24, 2.45) is 0 Å². The average molecular weight is 608 g/mol. The van der Waals surface area contributed by atoms with Crippen LogP contribution in [0.1, 0.15) is 31.4 Å². The number of pyridine rings is 1. The van der Waals surface area contributed by atoms with Crippen molar-refractivity contribution in [2.75, 3.05) is 44.2 Å². The molecule has 3 aliphatic heterocycles. The number of carbonyl (C=O) groups is 2. The molecule has 2 amide bonds. The van der Waals surface area contributed by atoms with Crippen molar-refractivity contribution in [3.8, 4) is 22.9 Å². The Labute approximate surface area is 251 Å². The number of hydrogen-bond donors (Lipinski definition) is 0. The Kier molecular flexibility index (Phi) is 7.34. The molecule has 3 aliphatic rings. The summed E-state index contributed by atoms with van der Waals surface area (Å²) in [5.74, 6) is -1.73. The van der Waals surface area contributed by atoms with E-state index in [1.165, 1.54) is 16.7 Å². The maximum atomic E-state index is 15.1. The molecule has 0 bridgehead atoms. The van der Waals surface area contributed by atoms with Gasteiger partial charge >= 0.3 is 0 Å². The van der Waals surface area contributed by atoms with Gasteiger partial charge in [0.25, 0.3) is 5.56 Å². The Bertz CT molecular complexity index is 1800. The molecule has 2 atom stereocenters. The highest BCUT2D eigenvalue weighted by Crippen LogP contribution is 2.48. The molecular formula is C31H28ClF2N5O4. The van der Waals surface area contributed by atoms with E-state index in [2.05, 4.69) is 12.6 Å². The number of piperazine rings is 1. The third kappa shape index (κ3) is 4.70. The van der Waals surface area contributed by atoms with Gasteiger partial charge in [-0.25, -0.2) is 8.78 Å². The van der Waals surface area contributed by atoms with Crippen molar-refractivity contribution < 1.29 is 23.1 Å². The van der Waals surface area contributed by atoms with Crippen molar-refractivity contribution >= 4 is 40.0 Å².